The summed E-state index contributed by atoms with van der Waals surface area (Å²) >= 11 is 1.19. The van der Waals surface area contributed by atoms with Crippen LogP contribution in [-0.4, -0.2) is 55.7 Å². The van der Waals surface area contributed by atoms with Gasteiger partial charge in [-0.2, -0.15) is 9.57 Å². The van der Waals surface area contributed by atoms with Crippen LogP contribution in [0, 0.1) is 25.2 Å². The van der Waals surface area contributed by atoms with Gasteiger partial charge in [-0.1, -0.05) is 11.8 Å². The Kier molecular flexibility index (Phi) is 7.10. The number of hydrogen-bond donors (Lipinski definition) is 1. The van der Waals surface area contributed by atoms with E-state index in [0.717, 1.165) is 11.3 Å². The van der Waals surface area contributed by atoms with Gasteiger partial charge in [-0.05, 0) is 49.7 Å². The topological polar surface area (TPSA) is 112 Å². The molecule has 10 heteroatoms. The van der Waals surface area contributed by atoms with Crippen LogP contribution in [0.5, 0.6) is 0 Å². The number of benzene rings is 1. The molecule has 2 heterocycles. The van der Waals surface area contributed by atoms with Crippen LogP contribution in [-0.2, 0) is 19.6 Å². The highest BCUT2D eigenvalue weighted by Crippen LogP contribution is 2.24. The quantitative estimate of drug-likeness (QED) is 0.678. The van der Waals surface area contributed by atoms with Crippen LogP contribution in [0.4, 0.5) is 5.69 Å². The first-order valence-corrected chi connectivity index (χ1v) is 11.7. The predicted octanol–water partition coefficient (Wildman–Crippen LogP) is 2.32. The van der Waals surface area contributed by atoms with Crippen molar-refractivity contribution in [2.24, 2.45) is 0 Å². The third kappa shape index (κ3) is 5.17. The lowest BCUT2D eigenvalue weighted by atomic mass is 10.1. The maximum absolute atomic E-state index is 12.6. The molecular weight excluding hydrogens is 424 g/mol. The number of carbonyl (C=O) groups excluding carboxylic acids is 1. The standard InChI is InChI=1S/C20H22N4O4S2/c1-14-11-15(2)22-20(18(14)12-21)29-13-19(25)23-16-3-5-17(6-4-16)30(26,27)24-7-9-28-10-8-24/h3-6,11H,7-10,13H2,1-2H3,(H,23,25). The van der Waals surface area contributed by atoms with Crippen molar-refractivity contribution in [3.05, 3.63) is 47.2 Å². The van der Waals surface area contributed by atoms with Crippen LogP contribution >= 0.6 is 11.8 Å². The van der Waals surface area contributed by atoms with Gasteiger partial charge in [0.05, 0.1) is 29.4 Å². The summed E-state index contributed by atoms with van der Waals surface area (Å²) in [5.74, 6) is -0.188. The Morgan fingerprint density at radius 1 is 1.27 bits per heavy atom. The van der Waals surface area contributed by atoms with Crippen LogP contribution in [0.25, 0.3) is 0 Å². The summed E-state index contributed by atoms with van der Waals surface area (Å²) in [6, 6.07) is 10.0. The van der Waals surface area contributed by atoms with Gasteiger partial charge in [-0.3, -0.25) is 4.79 Å². The number of morpholine rings is 1. The van der Waals surface area contributed by atoms with Gasteiger partial charge in [-0.15, -0.1) is 0 Å². The van der Waals surface area contributed by atoms with E-state index < -0.39 is 10.0 Å². The molecule has 8 nitrogen and oxygen atoms in total. The van der Waals surface area contributed by atoms with Gasteiger partial charge in [0.1, 0.15) is 11.1 Å². The maximum Gasteiger partial charge on any atom is 0.243 e. The molecule has 0 radical (unpaired) electrons. The molecule has 1 aromatic heterocycles. The number of thioether (sulfide) groups is 1. The summed E-state index contributed by atoms with van der Waals surface area (Å²) in [5, 5.41) is 12.6. The molecule has 1 aliphatic rings. The van der Waals surface area contributed by atoms with Crippen molar-refractivity contribution in [1.29, 1.82) is 5.26 Å². The van der Waals surface area contributed by atoms with Gasteiger partial charge in [0.25, 0.3) is 0 Å². The van der Waals surface area contributed by atoms with Crippen molar-refractivity contribution in [3.8, 4) is 6.07 Å². The van der Waals surface area contributed by atoms with E-state index in [-0.39, 0.29) is 16.6 Å². The molecule has 1 fully saturated rings. The highest BCUT2D eigenvalue weighted by atomic mass is 32.2. The van der Waals surface area contributed by atoms with Crippen molar-refractivity contribution in [2.45, 2.75) is 23.8 Å². The van der Waals surface area contributed by atoms with Gasteiger partial charge in [0, 0.05) is 24.5 Å². The molecule has 1 N–H and O–H groups in total. The molecule has 1 amide bonds. The second-order valence-corrected chi connectivity index (χ2v) is 9.65. The number of nitriles is 1. The number of rotatable bonds is 6. The molecule has 30 heavy (non-hydrogen) atoms. The zero-order chi connectivity index (χ0) is 21.7. The monoisotopic (exact) mass is 446 g/mol. The number of nitrogens with one attached hydrogen (secondary N) is 1. The zero-order valence-electron chi connectivity index (χ0n) is 16.7. The molecule has 0 spiro atoms. The van der Waals surface area contributed by atoms with Gasteiger partial charge >= 0.3 is 0 Å². The first kappa shape index (κ1) is 22.2. The molecule has 1 aliphatic heterocycles. The van der Waals surface area contributed by atoms with Crippen molar-refractivity contribution in [3.63, 3.8) is 0 Å². The fraction of sp³-hybridized carbons (Fsp3) is 0.350. The molecule has 0 aliphatic carbocycles. The first-order valence-electron chi connectivity index (χ1n) is 9.30. The summed E-state index contributed by atoms with van der Waals surface area (Å²) in [6.45, 7) is 5.10. The van der Waals surface area contributed by atoms with Crippen LogP contribution < -0.4 is 5.32 Å². The lowest BCUT2D eigenvalue weighted by molar-refractivity contribution is -0.113. The number of amides is 1. The third-order valence-electron chi connectivity index (χ3n) is 4.51. The maximum atomic E-state index is 12.6. The molecular formula is C20H22N4O4S2. The Bertz CT molecular complexity index is 1070. The number of nitrogens with zero attached hydrogens (tertiary/aromatic N) is 3. The van der Waals surface area contributed by atoms with E-state index in [1.165, 1.54) is 28.2 Å². The Balaban J connectivity index is 1.62. The lowest BCUT2D eigenvalue weighted by Gasteiger charge is -2.26. The normalized spacial score (nSPS) is 14.8. The number of aryl methyl sites for hydroxylation is 2. The number of ether oxygens (including phenoxy) is 1. The van der Waals surface area contributed by atoms with Crippen LogP contribution in [0.2, 0.25) is 0 Å². The molecule has 1 saturated heterocycles. The van der Waals surface area contributed by atoms with Gasteiger partial charge in [0.2, 0.25) is 15.9 Å². The number of carbonyl (C=O) groups is 1. The van der Waals surface area contributed by atoms with Gasteiger partial charge in [0.15, 0.2) is 0 Å². The Labute approximate surface area is 180 Å². The average Bonchev–Trinajstić information content (AvgIpc) is 2.73. The van der Waals surface area contributed by atoms with Crippen molar-refractivity contribution < 1.29 is 17.9 Å². The second kappa shape index (κ2) is 9.57. The summed E-state index contributed by atoms with van der Waals surface area (Å²) in [6.07, 6.45) is 0. The number of sulfonamides is 1. The molecule has 3 rings (SSSR count). The number of hydrogen-bond acceptors (Lipinski definition) is 7. The minimum Gasteiger partial charge on any atom is -0.379 e. The van der Waals surface area contributed by atoms with E-state index in [9.17, 15) is 18.5 Å². The Morgan fingerprint density at radius 3 is 2.57 bits per heavy atom. The van der Waals surface area contributed by atoms with E-state index in [2.05, 4.69) is 16.4 Å². The summed E-state index contributed by atoms with van der Waals surface area (Å²) in [7, 11) is -3.57. The molecule has 2 aromatic rings. The Morgan fingerprint density at radius 2 is 1.93 bits per heavy atom. The van der Waals surface area contributed by atoms with Crippen LogP contribution in [0.15, 0.2) is 40.3 Å². The SMILES string of the molecule is Cc1cc(C)c(C#N)c(SCC(=O)Nc2ccc(S(=O)(=O)N3CCOCC3)cc2)n1. The molecule has 0 saturated carbocycles. The van der Waals surface area contributed by atoms with Gasteiger partial charge < -0.3 is 10.1 Å². The molecule has 0 bridgehead atoms. The first-order chi connectivity index (χ1) is 14.3. The molecule has 158 valence electrons. The largest absolute Gasteiger partial charge is 0.379 e. The minimum absolute atomic E-state index is 0.0817. The van der Waals surface area contributed by atoms with E-state index in [1.807, 2.05) is 19.9 Å². The van der Waals surface area contributed by atoms with Gasteiger partial charge in [-0.25, -0.2) is 13.4 Å². The average molecular weight is 447 g/mol. The second-order valence-electron chi connectivity index (χ2n) is 6.75. The number of aromatic nitrogens is 1. The highest BCUT2D eigenvalue weighted by Gasteiger charge is 2.26. The minimum atomic E-state index is -3.57. The highest BCUT2D eigenvalue weighted by molar-refractivity contribution is 8.00. The Hall–Kier alpha value is -2.45. The summed E-state index contributed by atoms with van der Waals surface area (Å²) in [4.78, 5) is 16.8. The summed E-state index contributed by atoms with van der Waals surface area (Å²) < 4.78 is 31.9. The number of anilines is 1. The van der Waals surface area contributed by atoms with Crippen molar-refractivity contribution >= 4 is 33.4 Å². The van der Waals surface area contributed by atoms with E-state index in [4.69, 9.17) is 4.74 Å². The lowest BCUT2D eigenvalue weighted by Crippen LogP contribution is -2.40. The third-order valence-corrected chi connectivity index (χ3v) is 7.40. The zero-order valence-corrected chi connectivity index (χ0v) is 18.3. The predicted molar refractivity (Wildman–Crippen MR) is 114 cm³/mol. The fourth-order valence-corrected chi connectivity index (χ4v) is 5.33. The molecule has 1 aromatic carbocycles. The van der Waals surface area contributed by atoms with E-state index in [1.54, 1.807) is 12.1 Å². The van der Waals surface area contributed by atoms with Crippen molar-refractivity contribution in [1.82, 2.24) is 9.29 Å². The van der Waals surface area contributed by atoms with E-state index >= 15 is 0 Å². The summed E-state index contributed by atoms with van der Waals surface area (Å²) in [5.41, 5.74) is 2.57. The van der Waals surface area contributed by atoms with Crippen molar-refractivity contribution in [2.75, 3.05) is 37.4 Å². The number of pyridine rings is 1. The van der Waals surface area contributed by atoms with Crippen LogP contribution in [0.3, 0.4) is 0 Å². The molecule has 0 atom stereocenters. The smallest absolute Gasteiger partial charge is 0.243 e. The fourth-order valence-electron chi connectivity index (χ4n) is 3.02. The van der Waals surface area contributed by atoms with E-state index in [0.29, 0.717) is 42.6 Å². The molecule has 0 unspecified atom stereocenters. The van der Waals surface area contributed by atoms with Crippen LogP contribution in [0.1, 0.15) is 16.8 Å².